The van der Waals surface area contributed by atoms with Gasteiger partial charge in [0.05, 0.1) is 6.04 Å². The maximum absolute atomic E-state index is 13.8. The Balaban J connectivity index is 1.82. The predicted molar refractivity (Wildman–Crippen MR) is 106 cm³/mol. The smallest absolute Gasteiger partial charge is 0.407 e. The number of nitrogens with one attached hydrogen (secondary N) is 2. The zero-order valence-electron chi connectivity index (χ0n) is 16.3. The number of likely N-dealkylation sites (tertiary alicyclic amines) is 1. The van der Waals surface area contributed by atoms with Crippen LogP contribution in [0.2, 0.25) is 5.02 Å². The molecule has 1 amide bonds. The Hall–Kier alpha value is -2.02. The van der Waals surface area contributed by atoms with E-state index >= 15 is 0 Å². The molecule has 150 valence electrons. The molecule has 1 heterocycles. The van der Waals surface area contributed by atoms with Crippen LogP contribution < -0.4 is 10.6 Å². The van der Waals surface area contributed by atoms with Gasteiger partial charge in [-0.3, -0.25) is 4.99 Å². The van der Waals surface area contributed by atoms with Crippen LogP contribution in [0.25, 0.3) is 0 Å². The Morgan fingerprint density at radius 1 is 1.44 bits per heavy atom. The van der Waals surface area contributed by atoms with E-state index < -0.39 is 11.7 Å². The Bertz CT molecular complexity index is 671. The van der Waals surface area contributed by atoms with Crippen LogP contribution in [0.3, 0.4) is 0 Å². The molecule has 0 spiro atoms. The fraction of sp³-hybridized carbons (Fsp3) is 0.579. The van der Waals surface area contributed by atoms with E-state index in [4.69, 9.17) is 16.3 Å². The summed E-state index contributed by atoms with van der Waals surface area (Å²) in [7, 11) is 1.70. The van der Waals surface area contributed by atoms with Crippen LogP contribution in [0.4, 0.5) is 9.18 Å². The molecule has 1 aliphatic heterocycles. The molecular weight excluding hydrogens is 371 g/mol. The third kappa shape index (κ3) is 6.57. The van der Waals surface area contributed by atoms with Crippen LogP contribution in [0.1, 0.15) is 32.8 Å². The van der Waals surface area contributed by atoms with Crippen molar-refractivity contribution in [3.05, 3.63) is 34.6 Å². The van der Waals surface area contributed by atoms with Gasteiger partial charge in [0.25, 0.3) is 0 Å². The number of nitrogens with zero attached hydrogens (tertiary/aromatic N) is 2. The van der Waals surface area contributed by atoms with Gasteiger partial charge < -0.3 is 20.3 Å². The van der Waals surface area contributed by atoms with Crippen molar-refractivity contribution in [2.24, 2.45) is 4.99 Å². The molecule has 0 bridgehead atoms. The quantitative estimate of drug-likeness (QED) is 0.603. The zero-order valence-corrected chi connectivity index (χ0v) is 17.1. The summed E-state index contributed by atoms with van der Waals surface area (Å²) in [4.78, 5) is 18.2. The monoisotopic (exact) mass is 398 g/mol. The average Bonchev–Trinajstić information content (AvgIpc) is 3.00. The highest BCUT2D eigenvalue weighted by atomic mass is 35.5. The molecule has 0 aromatic heterocycles. The van der Waals surface area contributed by atoms with Crippen LogP contribution >= 0.6 is 11.6 Å². The molecule has 1 unspecified atom stereocenters. The van der Waals surface area contributed by atoms with Crippen LogP contribution in [0.15, 0.2) is 23.2 Å². The second-order valence-corrected chi connectivity index (χ2v) is 7.91. The Morgan fingerprint density at radius 2 is 2.19 bits per heavy atom. The first kappa shape index (κ1) is 21.3. The van der Waals surface area contributed by atoms with Gasteiger partial charge in [-0.1, -0.05) is 17.7 Å². The van der Waals surface area contributed by atoms with E-state index in [0.717, 1.165) is 18.9 Å². The molecule has 1 aromatic rings. The zero-order chi connectivity index (χ0) is 20.0. The summed E-state index contributed by atoms with van der Waals surface area (Å²) < 4.78 is 19.1. The minimum atomic E-state index is -0.520. The number of benzene rings is 1. The minimum Gasteiger partial charge on any atom is -0.444 e. The van der Waals surface area contributed by atoms with Crippen molar-refractivity contribution in [1.29, 1.82) is 0 Å². The first-order chi connectivity index (χ1) is 12.7. The van der Waals surface area contributed by atoms with Crippen molar-refractivity contribution < 1.29 is 13.9 Å². The number of hydrogen-bond donors (Lipinski definition) is 2. The number of ether oxygens (including phenoxy) is 1. The highest BCUT2D eigenvalue weighted by Crippen LogP contribution is 2.19. The van der Waals surface area contributed by atoms with Crippen molar-refractivity contribution >= 4 is 23.7 Å². The van der Waals surface area contributed by atoms with Gasteiger partial charge in [0.2, 0.25) is 0 Å². The second-order valence-electron chi connectivity index (χ2n) is 7.50. The third-order valence-electron chi connectivity index (χ3n) is 4.14. The lowest BCUT2D eigenvalue weighted by Gasteiger charge is -2.23. The van der Waals surface area contributed by atoms with Crippen molar-refractivity contribution in [1.82, 2.24) is 15.5 Å². The highest BCUT2D eigenvalue weighted by Gasteiger charge is 2.27. The van der Waals surface area contributed by atoms with Gasteiger partial charge in [-0.2, -0.15) is 0 Å². The fourth-order valence-corrected chi connectivity index (χ4v) is 3.20. The molecule has 1 fully saturated rings. The topological polar surface area (TPSA) is 66.0 Å². The first-order valence-corrected chi connectivity index (χ1v) is 9.45. The normalized spacial score (nSPS) is 17.8. The van der Waals surface area contributed by atoms with Gasteiger partial charge >= 0.3 is 6.09 Å². The van der Waals surface area contributed by atoms with Gasteiger partial charge in [0.15, 0.2) is 5.96 Å². The van der Waals surface area contributed by atoms with Gasteiger partial charge in [-0.25, -0.2) is 9.18 Å². The molecule has 0 saturated carbocycles. The Kier molecular flexibility index (Phi) is 7.30. The largest absolute Gasteiger partial charge is 0.444 e. The molecular formula is C19H28ClFN4O2. The van der Waals surface area contributed by atoms with E-state index in [1.165, 1.54) is 6.07 Å². The molecule has 27 heavy (non-hydrogen) atoms. The lowest BCUT2D eigenvalue weighted by molar-refractivity contribution is 0.0507. The standard InChI is InChI=1S/C19H28ClFN4O2/c1-19(2,3)27-18(26)24-13-9-11-25(12-13)17(22-4)23-10-8-14-15(20)6-5-7-16(14)21/h5-7,13H,8-12H2,1-4H3,(H,22,23)(H,24,26). The molecule has 0 aliphatic carbocycles. The lowest BCUT2D eigenvalue weighted by atomic mass is 10.1. The number of carbonyl (C=O) groups excluding carboxylic acids is 1. The molecule has 1 atom stereocenters. The van der Waals surface area contributed by atoms with Gasteiger partial charge in [-0.15, -0.1) is 0 Å². The van der Waals surface area contributed by atoms with Crippen LogP contribution in [-0.4, -0.2) is 55.3 Å². The minimum absolute atomic E-state index is 0.000544. The number of hydrogen-bond acceptors (Lipinski definition) is 3. The summed E-state index contributed by atoms with van der Waals surface area (Å²) >= 11 is 6.06. The number of guanidine groups is 1. The van der Waals surface area contributed by atoms with Crippen molar-refractivity contribution in [2.45, 2.75) is 45.3 Å². The maximum Gasteiger partial charge on any atom is 0.407 e. The SMILES string of the molecule is CN=C(NCCc1c(F)cccc1Cl)N1CCC(NC(=O)OC(C)(C)C)C1. The first-order valence-electron chi connectivity index (χ1n) is 9.07. The number of carbonyl (C=O) groups is 1. The predicted octanol–water partition coefficient (Wildman–Crippen LogP) is 3.20. The molecule has 1 aliphatic rings. The van der Waals surface area contributed by atoms with Gasteiger partial charge in [0, 0.05) is 37.3 Å². The third-order valence-corrected chi connectivity index (χ3v) is 4.49. The molecule has 1 saturated heterocycles. The molecule has 0 radical (unpaired) electrons. The Labute approximate surface area is 165 Å². The number of rotatable bonds is 4. The number of amides is 1. The Morgan fingerprint density at radius 3 is 2.81 bits per heavy atom. The summed E-state index contributed by atoms with van der Waals surface area (Å²) in [6.45, 7) is 7.41. The van der Waals surface area contributed by atoms with E-state index in [9.17, 15) is 9.18 Å². The van der Waals surface area contributed by atoms with E-state index in [-0.39, 0.29) is 11.9 Å². The highest BCUT2D eigenvalue weighted by molar-refractivity contribution is 6.31. The van der Waals surface area contributed by atoms with Crippen LogP contribution in [0.5, 0.6) is 0 Å². The summed E-state index contributed by atoms with van der Waals surface area (Å²) in [6.07, 6.45) is 0.850. The molecule has 2 rings (SSSR count). The summed E-state index contributed by atoms with van der Waals surface area (Å²) in [5.41, 5.74) is -0.0264. The van der Waals surface area contributed by atoms with Crippen molar-refractivity contribution in [2.75, 3.05) is 26.7 Å². The van der Waals surface area contributed by atoms with Gasteiger partial charge in [-0.05, 0) is 45.7 Å². The van der Waals surface area contributed by atoms with E-state index in [1.54, 1.807) is 19.2 Å². The van der Waals surface area contributed by atoms with Crippen LogP contribution in [-0.2, 0) is 11.2 Å². The molecule has 6 nitrogen and oxygen atoms in total. The molecule has 2 N–H and O–H groups in total. The fourth-order valence-electron chi connectivity index (χ4n) is 2.95. The van der Waals surface area contributed by atoms with Crippen LogP contribution in [0, 0.1) is 5.82 Å². The van der Waals surface area contributed by atoms with Crippen molar-refractivity contribution in [3.8, 4) is 0 Å². The number of alkyl carbamates (subject to hydrolysis) is 1. The summed E-state index contributed by atoms with van der Waals surface area (Å²) in [5, 5.41) is 6.55. The van der Waals surface area contributed by atoms with E-state index in [0.29, 0.717) is 30.1 Å². The number of aliphatic imine (C=N–C) groups is 1. The number of halogens is 2. The molecule has 8 heteroatoms. The molecule has 1 aromatic carbocycles. The summed E-state index contributed by atoms with van der Waals surface area (Å²) in [6, 6.07) is 4.68. The second kappa shape index (κ2) is 9.26. The van der Waals surface area contributed by atoms with Crippen molar-refractivity contribution in [3.63, 3.8) is 0 Å². The summed E-state index contributed by atoms with van der Waals surface area (Å²) in [5.74, 6) is 0.415. The van der Waals surface area contributed by atoms with E-state index in [2.05, 4.69) is 20.5 Å². The lowest BCUT2D eigenvalue weighted by Crippen LogP contribution is -2.44. The maximum atomic E-state index is 13.8. The van der Waals surface area contributed by atoms with Gasteiger partial charge in [0.1, 0.15) is 11.4 Å². The average molecular weight is 399 g/mol. The van der Waals surface area contributed by atoms with E-state index in [1.807, 2.05) is 20.8 Å².